The minimum Gasteiger partial charge on any atom is -0.330 e. The highest BCUT2D eigenvalue weighted by Gasteiger charge is 1.88. The van der Waals surface area contributed by atoms with Gasteiger partial charge in [0.05, 0.1) is 0 Å². The molecule has 0 unspecified atom stereocenters. The Hall–Kier alpha value is -0.0500. The predicted molar refractivity (Wildman–Crippen MR) is 17.2 cm³/mol. The molecule has 0 spiro atoms. The maximum absolute atomic E-state index is 8.78. The van der Waals surface area contributed by atoms with Gasteiger partial charge in [-0.05, 0) is 0 Å². The summed E-state index contributed by atoms with van der Waals surface area (Å²) in [5.74, 6) is 0. The Bertz CT molecular complexity index is 33.9. The van der Waals surface area contributed by atoms with Gasteiger partial charge in [-0.3, -0.25) is 0 Å². The molecule has 0 aliphatic carbocycles. The zero-order chi connectivity index (χ0) is 4.28. The van der Waals surface area contributed by atoms with E-state index >= 15 is 0 Å². The molecule has 0 aromatic rings. The fourth-order valence-corrected chi connectivity index (χ4v) is 0. The van der Waals surface area contributed by atoms with Gasteiger partial charge in [0.2, 0.25) is 0 Å². The summed E-state index contributed by atoms with van der Waals surface area (Å²) in [5, 5.41) is 0. The first kappa shape index (κ1) is 4.95. The molecule has 0 fully saturated rings. The Morgan fingerprint density at radius 1 is 1.60 bits per heavy atom. The van der Waals surface area contributed by atoms with Crippen LogP contribution >= 0.6 is 8.53 Å². The molecule has 2 N–H and O–H groups in total. The van der Waals surface area contributed by atoms with Gasteiger partial charge >= 0.3 is 8.53 Å². The molecule has 0 aromatic heterocycles. The van der Waals surface area contributed by atoms with Crippen LogP contribution in [0.5, 0.6) is 0 Å². The fraction of sp³-hybridized carbons (Fsp3) is 0. The molecule has 0 amide bonds. The van der Waals surface area contributed by atoms with E-state index < -0.39 is 8.53 Å². The van der Waals surface area contributed by atoms with E-state index in [0.29, 0.717) is 0 Å². The van der Waals surface area contributed by atoms with Crippen LogP contribution in [0.15, 0.2) is 4.95 Å². The molecule has 0 aliphatic rings. The summed E-state index contributed by atoms with van der Waals surface area (Å²) in [7, 11) is -2.53. The molecule has 0 radical (unpaired) electrons. The second kappa shape index (κ2) is 2.20. The lowest BCUT2D eigenvalue weighted by atomic mass is 13.7. The average molecular weight is 95.0 g/mol. The van der Waals surface area contributed by atoms with Crippen LogP contribution in [0.2, 0.25) is 0 Å². The van der Waals surface area contributed by atoms with Crippen molar-refractivity contribution in [2.75, 3.05) is 0 Å². The molecule has 5 heavy (non-hydrogen) atoms. The molecule has 0 atom stereocenters. The largest absolute Gasteiger partial charge is 0.347 e. The van der Waals surface area contributed by atoms with E-state index in [1.54, 1.807) is 0 Å². The topological polar surface area (TPSA) is 69.9 Å². The first-order valence-electron chi connectivity index (χ1n) is 0.783. The summed E-state index contributed by atoms with van der Waals surface area (Å²) < 4.78 is 0. The van der Waals surface area contributed by atoms with Crippen molar-refractivity contribution in [3.05, 3.63) is 4.91 Å². The smallest absolute Gasteiger partial charge is 0.330 e. The van der Waals surface area contributed by atoms with Crippen LogP contribution in [0.1, 0.15) is 0 Å². The van der Waals surface area contributed by atoms with Crippen molar-refractivity contribution < 1.29 is 9.79 Å². The molecular formula is H2NO3P. The van der Waals surface area contributed by atoms with E-state index in [1.165, 1.54) is 0 Å². The Morgan fingerprint density at radius 2 is 1.80 bits per heavy atom. The van der Waals surface area contributed by atoms with E-state index in [1.807, 2.05) is 4.95 Å². The Labute approximate surface area is 29.4 Å². The van der Waals surface area contributed by atoms with E-state index in [0.717, 1.165) is 0 Å². The first-order valence-corrected chi connectivity index (χ1v) is 1.98. The molecule has 30 valence electrons. The van der Waals surface area contributed by atoms with Crippen molar-refractivity contribution in [1.29, 1.82) is 0 Å². The maximum atomic E-state index is 8.78. The van der Waals surface area contributed by atoms with Crippen LogP contribution in [0.4, 0.5) is 0 Å². The van der Waals surface area contributed by atoms with Gasteiger partial charge in [0.25, 0.3) is 0 Å². The first-order chi connectivity index (χ1) is 2.27. The number of nitroso groups, excluding NO2 is 1. The molecule has 0 heterocycles. The highest BCUT2D eigenvalue weighted by molar-refractivity contribution is 7.43. The van der Waals surface area contributed by atoms with E-state index in [4.69, 9.17) is 14.7 Å². The molecule has 0 saturated carbocycles. The zero-order valence-corrected chi connectivity index (χ0v) is 3.09. The van der Waals surface area contributed by atoms with Crippen molar-refractivity contribution in [3.8, 4) is 0 Å². The van der Waals surface area contributed by atoms with Crippen LogP contribution in [0.3, 0.4) is 0 Å². The predicted octanol–water partition coefficient (Wildman–Crippen LogP) is -0.0357. The van der Waals surface area contributed by atoms with Gasteiger partial charge in [-0.1, -0.05) is 0 Å². The molecule has 0 bridgehead atoms. The Morgan fingerprint density at radius 3 is 1.80 bits per heavy atom. The lowest BCUT2D eigenvalue weighted by Crippen LogP contribution is -1.51. The van der Waals surface area contributed by atoms with Gasteiger partial charge in [0, 0.05) is 4.95 Å². The summed E-state index contributed by atoms with van der Waals surface area (Å²) >= 11 is 0. The van der Waals surface area contributed by atoms with E-state index in [-0.39, 0.29) is 0 Å². The maximum Gasteiger partial charge on any atom is 0.347 e. The fourth-order valence-electron chi connectivity index (χ4n) is 0. The van der Waals surface area contributed by atoms with Crippen molar-refractivity contribution in [3.63, 3.8) is 0 Å². The monoisotopic (exact) mass is 95.0 g/mol. The summed E-state index contributed by atoms with van der Waals surface area (Å²) in [6.45, 7) is 0. The average Bonchev–Trinajstić information content (AvgIpc) is 1.38. The van der Waals surface area contributed by atoms with Crippen LogP contribution in [0, 0.1) is 4.91 Å². The lowest BCUT2D eigenvalue weighted by molar-refractivity contribution is 0.484. The highest BCUT2D eigenvalue weighted by atomic mass is 31.2. The quantitative estimate of drug-likeness (QED) is 0.354. The Kier molecular flexibility index (Phi) is 2.18. The van der Waals surface area contributed by atoms with Gasteiger partial charge in [0.15, 0.2) is 0 Å². The van der Waals surface area contributed by atoms with E-state index in [2.05, 4.69) is 0 Å². The van der Waals surface area contributed by atoms with Crippen molar-refractivity contribution in [2.24, 2.45) is 4.95 Å². The number of hydrogen-bond donors (Lipinski definition) is 2. The molecule has 0 rings (SSSR count). The molecule has 0 saturated heterocycles. The highest BCUT2D eigenvalue weighted by Crippen LogP contribution is 2.22. The van der Waals surface area contributed by atoms with Crippen molar-refractivity contribution in [2.45, 2.75) is 0 Å². The molecule has 0 aromatic carbocycles. The summed E-state index contributed by atoms with van der Waals surface area (Å²) in [6, 6.07) is 0. The minimum absolute atomic E-state index is 1.81. The third-order valence-electron chi connectivity index (χ3n) is 0.0730. The van der Waals surface area contributed by atoms with E-state index in [9.17, 15) is 0 Å². The van der Waals surface area contributed by atoms with Crippen LogP contribution < -0.4 is 0 Å². The lowest BCUT2D eigenvalue weighted by Gasteiger charge is -1.75. The molecular weight excluding hydrogens is 93.0 g/mol. The summed E-state index contributed by atoms with van der Waals surface area (Å²) in [4.78, 5) is 25.6. The standard InChI is InChI=1S/H2NO3P/c2-1-5(3)4/h3-4H. The zero-order valence-electron chi connectivity index (χ0n) is 2.20. The molecule has 4 nitrogen and oxygen atoms in total. The van der Waals surface area contributed by atoms with Crippen LogP contribution in [0.25, 0.3) is 0 Å². The second-order valence-corrected chi connectivity index (χ2v) is 1.05. The van der Waals surface area contributed by atoms with Gasteiger partial charge in [-0.2, -0.15) is 0 Å². The van der Waals surface area contributed by atoms with Crippen LogP contribution in [-0.4, -0.2) is 9.79 Å². The SMILES string of the molecule is O=NP(O)O. The summed E-state index contributed by atoms with van der Waals surface area (Å²) in [5.41, 5.74) is 0. The third-order valence-corrected chi connectivity index (χ3v) is 0.219. The Balaban J connectivity index is 2.83. The van der Waals surface area contributed by atoms with Gasteiger partial charge < -0.3 is 9.79 Å². The normalized spacial score (nSPS) is 8.60. The molecule has 5 heteroatoms. The van der Waals surface area contributed by atoms with Gasteiger partial charge in [0.1, 0.15) is 0 Å². The van der Waals surface area contributed by atoms with Crippen LogP contribution in [-0.2, 0) is 0 Å². The number of rotatable bonds is 1. The molecule has 0 aliphatic heterocycles. The number of hydrogen-bond acceptors (Lipinski definition) is 4. The number of nitrogens with zero attached hydrogens (tertiary/aromatic N) is 1. The third kappa shape index (κ3) is 3.95. The van der Waals surface area contributed by atoms with Gasteiger partial charge in [-0.15, -0.1) is 4.91 Å². The van der Waals surface area contributed by atoms with Crippen molar-refractivity contribution >= 4 is 8.53 Å². The second-order valence-electron chi connectivity index (χ2n) is 0.350. The summed E-state index contributed by atoms with van der Waals surface area (Å²) in [6.07, 6.45) is 0. The van der Waals surface area contributed by atoms with Gasteiger partial charge in [-0.25, -0.2) is 0 Å². The minimum atomic E-state index is -2.53. The van der Waals surface area contributed by atoms with Crippen molar-refractivity contribution in [1.82, 2.24) is 0 Å².